The second-order valence-electron chi connectivity index (χ2n) is 17.3. The highest BCUT2D eigenvalue weighted by Gasteiger charge is 2.37. The number of rotatable bonds is 6. The summed E-state index contributed by atoms with van der Waals surface area (Å²) in [7, 11) is 0. The summed E-state index contributed by atoms with van der Waals surface area (Å²) in [5, 5.41) is 5.01. The number of pyridine rings is 1. The standard InChI is InChI=1S/C52H46N4OS/c1-51(2,3)36-28-29-53-46(30-36)56-43-27-26-41-40-22-13-14-23-45(40)58-50(41)47(43)42-25-24-39(32-44(42)56)57-38-21-15-20-37(31-38)54-33-55(52(4,5)6)49(35-18-11-8-12-19-35)48(54)34-16-9-7-10-17-34/h7-32H,33H2,1-6H3. The highest BCUT2D eigenvalue weighted by atomic mass is 32.1. The number of aromatic nitrogens is 2. The van der Waals surface area contributed by atoms with Crippen LogP contribution in [0.25, 0.3) is 59.2 Å². The molecule has 0 radical (unpaired) electrons. The van der Waals surface area contributed by atoms with E-state index in [-0.39, 0.29) is 11.0 Å². The Bertz CT molecular complexity index is 3040. The smallest absolute Gasteiger partial charge is 0.137 e. The number of ether oxygens (including phenoxy) is 1. The molecular formula is C52H46N4OS. The van der Waals surface area contributed by atoms with Crippen LogP contribution in [0.15, 0.2) is 158 Å². The second-order valence-corrected chi connectivity index (χ2v) is 18.4. The Morgan fingerprint density at radius 1 is 0.586 bits per heavy atom. The van der Waals surface area contributed by atoms with Crippen molar-refractivity contribution in [2.45, 2.75) is 52.5 Å². The van der Waals surface area contributed by atoms with Gasteiger partial charge in [-0.25, -0.2) is 4.98 Å². The molecule has 58 heavy (non-hydrogen) atoms. The molecule has 0 bridgehead atoms. The van der Waals surface area contributed by atoms with Crippen molar-refractivity contribution in [2.75, 3.05) is 11.6 Å². The average molecular weight is 775 g/mol. The van der Waals surface area contributed by atoms with Gasteiger partial charge in [-0.3, -0.25) is 4.57 Å². The number of nitrogens with zero attached hydrogens (tertiary/aromatic N) is 4. The van der Waals surface area contributed by atoms with Crippen molar-refractivity contribution >= 4 is 70.4 Å². The fraction of sp³-hybridized carbons (Fsp3) is 0.173. The first-order valence-corrected chi connectivity index (χ1v) is 20.9. The number of benzene rings is 6. The maximum Gasteiger partial charge on any atom is 0.137 e. The van der Waals surface area contributed by atoms with E-state index in [0.29, 0.717) is 6.67 Å². The Balaban J connectivity index is 1.11. The SMILES string of the molecule is CC(C)(C)c1ccnc(-n2c3cc(Oc4cccc(N5CN(C(C)(C)C)C(c6ccccc6)=C5c5ccccc5)c4)ccc3c3c4sc5ccccc5c4ccc32)c1. The quantitative estimate of drug-likeness (QED) is 0.168. The Morgan fingerprint density at radius 3 is 2.02 bits per heavy atom. The molecule has 3 aromatic heterocycles. The molecule has 0 N–H and O–H groups in total. The summed E-state index contributed by atoms with van der Waals surface area (Å²) < 4.78 is 11.8. The van der Waals surface area contributed by atoms with Crippen LogP contribution in [0.3, 0.4) is 0 Å². The summed E-state index contributed by atoms with van der Waals surface area (Å²) in [6.07, 6.45) is 1.94. The molecule has 0 atom stereocenters. The second kappa shape index (κ2) is 13.6. The summed E-state index contributed by atoms with van der Waals surface area (Å²) in [6.45, 7) is 14.3. The van der Waals surface area contributed by atoms with Crippen LogP contribution >= 0.6 is 11.3 Å². The van der Waals surface area contributed by atoms with Crippen LogP contribution in [0, 0.1) is 0 Å². The van der Waals surface area contributed by atoms with Gasteiger partial charge in [-0.05, 0) is 80.3 Å². The lowest BCUT2D eigenvalue weighted by Gasteiger charge is -2.36. The minimum absolute atomic E-state index is 0.0227. The van der Waals surface area contributed by atoms with Crippen molar-refractivity contribution in [3.8, 4) is 17.3 Å². The molecule has 0 saturated heterocycles. The summed E-state index contributed by atoms with van der Waals surface area (Å²) >= 11 is 1.86. The van der Waals surface area contributed by atoms with Crippen LogP contribution in [-0.2, 0) is 5.41 Å². The van der Waals surface area contributed by atoms with E-state index in [1.807, 2.05) is 17.5 Å². The zero-order valence-electron chi connectivity index (χ0n) is 33.8. The molecule has 6 aromatic carbocycles. The van der Waals surface area contributed by atoms with E-state index in [1.165, 1.54) is 59.0 Å². The highest BCUT2D eigenvalue weighted by Crippen LogP contribution is 2.46. The van der Waals surface area contributed by atoms with Gasteiger partial charge in [0.05, 0.1) is 29.1 Å². The van der Waals surface area contributed by atoms with Gasteiger partial charge >= 0.3 is 0 Å². The maximum atomic E-state index is 6.85. The largest absolute Gasteiger partial charge is 0.457 e. The van der Waals surface area contributed by atoms with Crippen LogP contribution in [0.4, 0.5) is 5.69 Å². The minimum atomic E-state index is -0.120. The van der Waals surface area contributed by atoms with E-state index >= 15 is 0 Å². The molecule has 0 saturated carbocycles. The Labute approximate surface area is 344 Å². The maximum absolute atomic E-state index is 6.85. The normalized spacial score (nSPS) is 13.8. The number of hydrogen-bond acceptors (Lipinski definition) is 5. The summed E-state index contributed by atoms with van der Waals surface area (Å²) in [5.41, 5.74) is 9.15. The molecule has 10 rings (SSSR count). The molecule has 0 spiro atoms. The molecule has 0 fully saturated rings. The molecule has 1 aliphatic rings. The first kappa shape index (κ1) is 36.0. The zero-order chi connectivity index (χ0) is 39.8. The summed E-state index contributed by atoms with van der Waals surface area (Å²) in [4.78, 5) is 9.93. The Kier molecular flexibility index (Phi) is 8.46. The van der Waals surface area contributed by atoms with Gasteiger partial charge in [-0.1, -0.05) is 112 Å². The van der Waals surface area contributed by atoms with Gasteiger partial charge in [-0.15, -0.1) is 11.3 Å². The van der Waals surface area contributed by atoms with E-state index < -0.39 is 0 Å². The first-order valence-electron chi connectivity index (χ1n) is 20.1. The molecule has 4 heterocycles. The van der Waals surface area contributed by atoms with Crippen molar-refractivity contribution in [3.05, 3.63) is 175 Å². The lowest BCUT2D eigenvalue weighted by Crippen LogP contribution is -2.41. The Morgan fingerprint density at radius 2 is 1.28 bits per heavy atom. The van der Waals surface area contributed by atoms with Crippen molar-refractivity contribution < 1.29 is 4.74 Å². The van der Waals surface area contributed by atoms with Gasteiger partial charge in [0.25, 0.3) is 0 Å². The molecule has 1 aliphatic heterocycles. The van der Waals surface area contributed by atoms with Crippen molar-refractivity contribution in [1.29, 1.82) is 0 Å². The summed E-state index contributed by atoms with van der Waals surface area (Å²) in [5.74, 6) is 2.45. The molecule has 9 aromatic rings. The van der Waals surface area contributed by atoms with Crippen LogP contribution in [-0.4, -0.2) is 26.7 Å². The third kappa shape index (κ3) is 6.11. The molecule has 0 amide bonds. The van der Waals surface area contributed by atoms with Crippen LogP contribution in [0.5, 0.6) is 11.5 Å². The van der Waals surface area contributed by atoms with E-state index in [0.717, 1.165) is 34.0 Å². The Hall–Kier alpha value is -6.37. The molecule has 5 nitrogen and oxygen atoms in total. The predicted molar refractivity (Wildman–Crippen MR) is 245 cm³/mol. The third-order valence-electron chi connectivity index (χ3n) is 11.4. The van der Waals surface area contributed by atoms with E-state index in [9.17, 15) is 0 Å². The van der Waals surface area contributed by atoms with E-state index in [1.54, 1.807) is 0 Å². The molecule has 0 unspecified atom stereocenters. The number of anilines is 1. The minimum Gasteiger partial charge on any atom is -0.457 e. The van der Waals surface area contributed by atoms with Gasteiger partial charge in [-0.2, -0.15) is 0 Å². The van der Waals surface area contributed by atoms with Crippen LogP contribution in [0.2, 0.25) is 0 Å². The van der Waals surface area contributed by atoms with Crippen molar-refractivity contribution in [3.63, 3.8) is 0 Å². The van der Waals surface area contributed by atoms with E-state index in [4.69, 9.17) is 9.72 Å². The van der Waals surface area contributed by atoms with Crippen molar-refractivity contribution in [2.24, 2.45) is 0 Å². The lowest BCUT2D eigenvalue weighted by molar-refractivity contribution is 0.237. The average Bonchev–Trinajstić information content (AvgIpc) is 3.92. The number of thiophene rings is 1. The van der Waals surface area contributed by atoms with Gasteiger partial charge in [0.1, 0.15) is 17.3 Å². The van der Waals surface area contributed by atoms with E-state index in [2.05, 4.69) is 208 Å². The van der Waals surface area contributed by atoms with Crippen LogP contribution in [0.1, 0.15) is 58.2 Å². The number of hydrogen-bond donors (Lipinski definition) is 0. The first-order chi connectivity index (χ1) is 28.0. The number of fused-ring (bicyclic) bond motifs is 7. The monoisotopic (exact) mass is 774 g/mol. The van der Waals surface area contributed by atoms with Gasteiger partial charge in [0.15, 0.2) is 0 Å². The van der Waals surface area contributed by atoms with Gasteiger partial charge in [0, 0.05) is 71.6 Å². The summed E-state index contributed by atoms with van der Waals surface area (Å²) in [6, 6.07) is 54.2. The van der Waals surface area contributed by atoms with Gasteiger partial charge < -0.3 is 14.5 Å². The fourth-order valence-corrected chi connectivity index (χ4v) is 9.76. The molecule has 6 heteroatoms. The highest BCUT2D eigenvalue weighted by molar-refractivity contribution is 7.26. The zero-order valence-corrected chi connectivity index (χ0v) is 34.6. The lowest BCUT2D eigenvalue weighted by atomic mass is 9.88. The van der Waals surface area contributed by atoms with Crippen LogP contribution < -0.4 is 9.64 Å². The topological polar surface area (TPSA) is 33.5 Å². The molecule has 286 valence electrons. The van der Waals surface area contributed by atoms with Gasteiger partial charge in [0.2, 0.25) is 0 Å². The third-order valence-corrected chi connectivity index (χ3v) is 12.6. The molecular weight excluding hydrogens is 729 g/mol. The fourth-order valence-electron chi connectivity index (χ4n) is 8.51. The molecule has 0 aliphatic carbocycles. The van der Waals surface area contributed by atoms with Crippen molar-refractivity contribution in [1.82, 2.24) is 14.5 Å². The predicted octanol–water partition coefficient (Wildman–Crippen LogP) is 14.0.